The van der Waals surface area contributed by atoms with E-state index >= 15 is 0 Å². The Kier molecular flexibility index (Phi) is 3.52. The van der Waals surface area contributed by atoms with Crippen LogP contribution in [0.5, 0.6) is 0 Å². The monoisotopic (exact) mass is 215 g/mol. The van der Waals surface area contributed by atoms with Crippen molar-refractivity contribution in [2.45, 2.75) is 13.0 Å². The Hall–Kier alpha value is -1.03. The van der Waals surface area contributed by atoms with Gasteiger partial charge in [-0.3, -0.25) is 9.48 Å². The molecule has 1 unspecified atom stereocenters. The average molecular weight is 216 g/mol. The van der Waals surface area contributed by atoms with E-state index in [1.807, 2.05) is 6.92 Å². The molecule has 5 heteroatoms. The van der Waals surface area contributed by atoms with Crippen molar-refractivity contribution in [1.82, 2.24) is 14.7 Å². The lowest BCUT2D eigenvalue weighted by atomic mass is 10.3. The highest BCUT2D eigenvalue weighted by molar-refractivity contribution is 6.18. The molecule has 0 saturated carbocycles. The van der Waals surface area contributed by atoms with Gasteiger partial charge in [-0.1, -0.05) is 0 Å². The van der Waals surface area contributed by atoms with E-state index in [0.29, 0.717) is 11.6 Å². The Bertz CT molecular complexity index is 324. The number of halogens is 1. The molecule has 0 radical (unpaired) electrons. The first kappa shape index (κ1) is 11.0. The predicted molar refractivity (Wildman–Crippen MR) is 55.5 cm³/mol. The Morgan fingerprint density at radius 3 is 2.86 bits per heavy atom. The summed E-state index contributed by atoms with van der Waals surface area (Å²) in [6, 6.07) is 1.71. The first-order valence-electron chi connectivity index (χ1n) is 4.39. The largest absolute Gasteiger partial charge is 0.336 e. The first-order chi connectivity index (χ1) is 6.56. The summed E-state index contributed by atoms with van der Waals surface area (Å²) in [5, 5.41) is 4.03. The highest BCUT2D eigenvalue weighted by Gasteiger charge is 2.18. The third-order valence-corrected chi connectivity index (χ3v) is 2.58. The number of aryl methyl sites for hydroxylation is 1. The number of hydrogen-bond acceptors (Lipinski definition) is 2. The molecule has 1 amide bonds. The molecule has 0 aliphatic rings. The van der Waals surface area contributed by atoms with E-state index in [0.717, 1.165) is 0 Å². The number of nitrogens with zero attached hydrogens (tertiary/aromatic N) is 3. The Labute approximate surface area is 88.5 Å². The minimum atomic E-state index is -0.0984. The topological polar surface area (TPSA) is 38.1 Å². The molecule has 1 aromatic heterocycles. The van der Waals surface area contributed by atoms with Crippen LogP contribution >= 0.6 is 11.6 Å². The van der Waals surface area contributed by atoms with E-state index in [2.05, 4.69) is 5.10 Å². The highest BCUT2D eigenvalue weighted by Crippen LogP contribution is 2.05. The van der Waals surface area contributed by atoms with Gasteiger partial charge in [-0.15, -0.1) is 11.6 Å². The van der Waals surface area contributed by atoms with Crippen LogP contribution in [0.2, 0.25) is 0 Å². The quantitative estimate of drug-likeness (QED) is 0.709. The minimum Gasteiger partial charge on any atom is -0.336 e. The lowest BCUT2D eigenvalue weighted by Crippen LogP contribution is -2.36. The number of amides is 1. The molecule has 1 aromatic rings. The molecule has 1 rings (SSSR count). The number of aromatic nitrogens is 2. The van der Waals surface area contributed by atoms with Gasteiger partial charge in [0.2, 0.25) is 0 Å². The minimum absolute atomic E-state index is 0.0196. The summed E-state index contributed by atoms with van der Waals surface area (Å²) >= 11 is 5.66. The average Bonchev–Trinajstić information content (AvgIpc) is 2.61. The number of carbonyl (C=O) groups is 1. The van der Waals surface area contributed by atoms with E-state index in [4.69, 9.17) is 11.6 Å². The van der Waals surface area contributed by atoms with Crippen LogP contribution in [0.15, 0.2) is 12.3 Å². The predicted octanol–water partition coefficient (Wildman–Crippen LogP) is 1.12. The SMILES string of the molecule is CC(CCl)N(C)C(=O)c1ccn(C)n1. The standard InChI is InChI=1S/C9H14ClN3O/c1-7(6-10)13(3)9(14)8-4-5-12(2)11-8/h4-5,7H,6H2,1-3H3. The summed E-state index contributed by atoms with van der Waals surface area (Å²) in [4.78, 5) is 13.3. The van der Waals surface area contributed by atoms with Crippen LogP contribution < -0.4 is 0 Å². The van der Waals surface area contributed by atoms with Gasteiger partial charge in [0, 0.05) is 32.2 Å². The van der Waals surface area contributed by atoms with Crippen LogP contribution in [0.4, 0.5) is 0 Å². The third-order valence-electron chi connectivity index (χ3n) is 2.14. The van der Waals surface area contributed by atoms with Crippen molar-refractivity contribution in [1.29, 1.82) is 0 Å². The summed E-state index contributed by atoms with van der Waals surface area (Å²) in [5.41, 5.74) is 0.451. The van der Waals surface area contributed by atoms with Gasteiger partial charge in [-0.2, -0.15) is 5.10 Å². The van der Waals surface area contributed by atoms with Gasteiger partial charge in [-0.05, 0) is 13.0 Å². The van der Waals surface area contributed by atoms with Crippen LogP contribution in [0, 0.1) is 0 Å². The molecule has 0 aliphatic carbocycles. The molecule has 0 aromatic carbocycles. The zero-order valence-corrected chi connectivity index (χ0v) is 9.32. The van der Waals surface area contributed by atoms with E-state index in [9.17, 15) is 4.79 Å². The van der Waals surface area contributed by atoms with Crippen molar-refractivity contribution in [3.63, 3.8) is 0 Å². The van der Waals surface area contributed by atoms with Crippen LogP contribution in [0.3, 0.4) is 0 Å². The first-order valence-corrected chi connectivity index (χ1v) is 4.92. The van der Waals surface area contributed by atoms with Gasteiger partial charge in [0.05, 0.1) is 0 Å². The molecular formula is C9H14ClN3O. The Morgan fingerprint density at radius 2 is 2.43 bits per heavy atom. The van der Waals surface area contributed by atoms with Gasteiger partial charge in [0.15, 0.2) is 0 Å². The third kappa shape index (κ3) is 2.26. The fraction of sp³-hybridized carbons (Fsp3) is 0.556. The number of rotatable bonds is 3. The van der Waals surface area contributed by atoms with Gasteiger partial charge in [0.1, 0.15) is 5.69 Å². The molecule has 0 N–H and O–H groups in total. The van der Waals surface area contributed by atoms with Crippen LogP contribution in [-0.4, -0.2) is 39.6 Å². The van der Waals surface area contributed by atoms with Gasteiger partial charge < -0.3 is 4.90 Å². The molecule has 4 nitrogen and oxygen atoms in total. The van der Waals surface area contributed by atoms with E-state index in [1.165, 1.54) is 0 Å². The van der Waals surface area contributed by atoms with Crippen molar-refractivity contribution < 1.29 is 4.79 Å². The second kappa shape index (κ2) is 4.46. The molecule has 0 saturated heterocycles. The Morgan fingerprint density at radius 1 is 1.79 bits per heavy atom. The van der Waals surface area contributed by atoms with Crippen LogP contribution in [0.1, 0.15) is 17.4 Å². The number of hydrogen-bond donors (Lipinski definition) is 0. The number of alkyl halides is 1. The summed E-state index contributed by atoms with van der Waals surface area (Å²) in [6.07, 6.45) is 1.74. The summed E-state index contributed by atoms with van der Waals surface area (Å²) in [5.74, 6) is 0.327. The van der Waals surface area contributed by atoms with Gasteiger partial charge in [-0.25, -0.2) is 0 Å². The zero-order valence-electron chi connectivity index (χ0n) is 8.57. The molecule has 1 atom stereocenters. The maximum absolute atomic E-state index is 11.7. The van der Waals surface area contributed by atoms with Crippen molar-refractivity contribution in [3.8, 4) is 0 Å². The molecule has 14 heavy (non-hydrogen) atoms. The summed E-state index contributed by atoms with van der Waals surface area (Å²) < 4.78 is 1.60. The summed E-state index contributed by atoms with van der Waals surface area (Å²) in [7, 11) is 3.51. The molecule has 0 fully saturated rings. The van der Waals surface area contributed by atoms with E-state index in [-0.39, 0.29) is 11.9 Å². The lowest BCUT2D eigenvalue weighted by Gasteiger charge is -2.21. The van der Waals surface area contributed by atoms with Crippen molar-refractivity contribution in [3.05, 3.63) is 18.0 Å². The number of carbonyl (C=O) groups excluding carboxylic acids is 1. The molecule has 1 heterocycles. The van der Waals surface area contributed by atoms with Crippen LogP contribution in [-0.2, 0) is 7.05 Å². The van der Waals surface area contributed by atoms with Crippen LogP contribution in [0.25, 0.3) is 0 Å². The van der Waals surface area contributed by atoms with Crippen molar-refractivity contribution in [2.24, 2.45) is 7.05 Å². The molecular weight excluding hydrogens is 202 g/mol. The molecule has 78 valence electrons. The fourth-order valence-corrected chi connectivity index (χ4v) is 1.22. The Balaban J connectivity index is 2.75. The molecule has 0 bridgehead atoms. The molecule has 0 spiro atoms. The lowest BCUT2D eigenvalue weighted by molar-refractivity contribution is 0.0750. The van der Waals surface area contributed by atoms with Crippen molar-refractivity contribution in [2.75, 3.05) is 12.9 Å². The zero-order chi connectivity index (χ0) is 10.7. The second-order valence-electron chi connectivity index (χ2n) is 3.29. The van der Waals surface area contributed by atoms with Crippen molar-refractivity contribution >= 4 is 17.5 Å². The highest BCUT2D eigenvalue weighted by atomic mass is 35.5. The second-order valence-corrected chi connectivity index (χ2v) is 3.60. The maximum Gasteiger partial charge on any atom is 0.274 e. The molecule has 0 aliphatic heterocycles. The van der Waals surface area contributed by atoms with Gasteiger partial charge in [0.25, 0.3) is 5.91 Å². The smallest absolute Gasteiger partial charge is 0.274 e. The summed E-state index contributed by atoms with van der Waals surface area (Å²) in [6.45, 7) is 1.90. The van der Waals surface area contributed by atoms with Gasteiger partial charge >= 0.3 is 0 Å². The van der Waals surface area contributed by atoms with E-state index < -0.39 is 0 Å². The maximum atomic E-state index is 11.7. The normalized spacial score (nSPS) is 12.6. The van der Waals surface area contributed by atoms with E-state index in [1.54, 1.807) is 35.9 Å². The fourth-order valence-electron chi connectivity index (χ4n) is 1.01.